The van der Waals surface area contributed by atoms with Crippen LogP contribution in [0.2, 0.25) is 0 Å². The zero-order chi connectivity index (χ0) is 15.9. The number of piperidine rings is 1. The normalized spacial score (nSPS) is 18.8. The minimum Gasteiger partial charge on any atom is -0.383 e. The van der Waals surface area contributed by atoms with Gasteiger partial charge in [0.2, 0.25) is 0 Å². The van der Waals surface area contributed by atoms with Crippen LogP contribution < -0.4 is 5.32 Å². The van der Waals surface area contributed by atoms with E-state index in [1.165, 1.54) is 0 Å². The van der Waals surface area contributed by atoms with Crippen LogP contribution in [0.15, 0.2) is 0 Å². The maximum absolute atomic E-state index is 12.8. The number of hydrogen-bond donors (Lipinski definition) is 1. The molecule has 0 aromatic carbocycles. The first kappa shape index (κ1) is 18.8. The van der Waals surface area contributed by atoms with Gasteiger partial charge in [0.05, 0.1) is 6.61 Å². The SMILES string of the molecule is CNCC1CCN(S(=O)(=O)N(CCOC)CC(C)C)CC1. The molecule has 1 rings (SSSR count). The molecule has 0 saturated carbocycles. The predicted octanol–water partition coefficient (Wildman–Crippen LogP) is 0.767. The van der Waals surface area contributed by atoms with Crippen LogP contribution in [0.25, 0.3) is 0 Å². The van der Waals surface area contributed by atoms with Gasteiger partial charge in [0.25, 0.3) is 10.2 Å². The molecular formula is C14H31N3O3S. The van der Waals surface area contributed by atoms with E-state index < -0.39 is 10.2 Å². The second-order valence-corrected chi connectivity index (χ2v) is 8.08. The zero-order valence-electron chi connectivity index (χ0n) is 13.8. The van der Waals surface area contributed by atoms with Crippen molar-refractivity contribution in [2.45, 2.75) is 26.7 Å². The summed E-state index contributed by atoms with van der Waals surface area (Å²) in [6.07, 6.45) is 1.86. The fourth-order valence-electron chi connectivity index (χ4n) is 2.70. The number of ether oxygens (including phenoxy) is 1. The number of nitrogens with one attached hydrogen (secondary N) is 1. The van der Waals surface area contributed by atoms with Gasteiger partial charge in [0, 0.05) is 33.3 Å². The molecule has 1 fully saturated rings. The molecule has 1 aliphatic rings. The van der Waals surface area contributed by atoms with Crippen LogP contribution in [0.4, 0.5) is 0 Å². The van der Waals surface area contributed by atoms with Gasteiger partial charge in [-0.3, -0.25) is 0 Å². The second-order valence-electron chi connectivity index (χ2n) is 6.15. The molecule has 1 heterocycles. The van der Waals surface area contributed by atoms with Crippen molar-refractivity contribution in [3.05, 3.63) is 0 Å². The van der Waals surface area contributed by atoms with E-state index in [9.17, 15) is 8.42 Å². The Labute approximate surface area is 130 Å². The molecule has 1 N–H and O–H groups in total. The first-order chi connectivity index (χ1) is 9.91. The molecule has 0 aliphatic carbocycles. The summed E-state index contributed by atoms with van der Waals surface area (Å²) in [5.74, 6) is 0.887. The van der Waals surface area contributed by atoms with Gasteiger partial charge in [-0.25, -0.2) is 0 Å². The summed E-state index contributed by atoms with van der Waals surface area (Å²) >= 11 is 0. The fraction of sp³-hybridized carbons (Fsp3) is 1.00. The molecule has 0 bridgehead atoms. The summed E-state index contributed by atoms with van der Waals surface area (Å²) in [4.78, 5) is 0. The Morgan fingerprint density at radius 1 is 1.33 bits per heavy atom. The van der Waals surface area contributed by atoms with Crippen molar-refractivity contribution in [3.63, 3.8) is 0 Å². The summed E-state index contributed by atoms with van der Waals surface area (Å²) in [6.45, 7) is 7.68. The maximum atomic E-state index is 12.8. The Hall–Kier alpha value is -0.210. The van der Waals surface area contributed by atoms with E-state index >= 15 is 0 Å². The molecule has 0 aromatic heterocycles. The van der Waals surface area contributed by atoms with E-state index in [1.54, 1.807) is 15.7 Å². The van der Waals surface area contributed by atoms with Gasteiger partial charge in [-0.15, -0.1) is 0 Å². The van der Waals surface area contributed by atoms with Gasteiger partial charge >= 0.3 is 0 Å². The summed E-state index contributed by atoms with van der Waals surface area (Å²) in [5, 5.41) is 3.17. The van der Waals surface area contributed by atoms with Crippen molar-refractivity contribution in [1.82, 2.24) is 13.9 Å². The van der Waals surface area contributed by atoms with E-state index in [0.717, 1.165) is 19.4 Å². The molecule has 6 nitrogen and oxygen atoms in total. The highest BCUT2D eigenvalue weighted by molar-refractivity contribution is 7.86. The van der Waals surface area contributed by atoms with Crippen LogP contribution in [-0.2, 0) is 14.9 Å². The first-order valence-electron chi connectivity index (χ1n) is 7.80. The first-order valence-corrected chi connectivity index (χ1v) is 9.20. The fourth-order valence-corrected chi connectivity index (χ4v) is 4.49. The standard InChI is InChI=1S/C14H31N3O3S/c1-13(2)12-17(9-10-20-4)21(18,19)16-7-5-14(6-8-16)11-15-3/h13-15H,5-12H2,1-4H3. The van der Waals surface area contributed by atoms with Crippen molar-refractivity contribution in [1.29, 1.82) is 0 Å². The molecule has 21 heavy (non-hydrogen) atoms. The minimum absolute atomic E-state index is 0.304. The Balaban J connectivity index is 2.67. The van der Waals surface area contributed by atoms with Gasteiger partial charge in [-0.2, -0.15) is 17.0 Å². The molecule has 0 atom stereocenters. The Bertz CT molecular complexity index is 379. The summed E-state index contributed by atoms with van der Waals surface area (Å²) < 4.78 is 33.8. The highest BCUT2D eigenvalue weighted by Gasteiger charge is 2.32. The molecule has 0 radical (unpaired) electrons. The van der Waals surface area contributed by atoms with Crippen LogP contribution in [0, 0.1) is 11.8 Å². The maximum Gasteiger partial charge on any atom is 0.282 e. The van der Waals surface area contributed by atoms with Crippen molar-refractivity contribution < 1.29 is 13.2 Å². The lowest BCUT2D eigenvalue weighted by molar-refractivity contribution is 0.168. The van der Waals surface area contributed by atoms with Gasteiger partial charge in [0.1, 0.15) is 0 Å². The highest BCUT2D eigenvalue weighted by atomic mass is 32.2. The molecule has 126 valence electrons. The zero-order valence-corrected chi connectivity index (χ0v) is 14.7. The van der Waals surface area contributed by atoms with E-state index in [1.807, 2.05) is 20.9 Å². The molecule has 1 saturated heterocycles. The average molecular weight is 321 g/mol. The van der Waals surface area contributed by atoms with Crippen molar-refractivity contribution in [2.24, 2.45) is 11.8 Å². The van der Waals surface area contributed by atoms with E-state index in [4.69, 9.17) is 4.74 Å². The number of hydrogen-bond acceptors (Lipinski definition) is 4. The lowest BCUT2D eigenvalue weighted by Gasteiger charge is -2.35. The van der Waals surface area contributed by atoms with E-state index in [-0.39, 0.29) is 0 Å². The van der Waals surface area contributed by atoms with Crippen molar-refractivity contribution >= 4 is 10.2 Å². The predicted molar refractivity (Wildman–Crippen MR) is 85.4 cm³/mol. The molecule has 0 unspecified atom stereocenters. The smallest absolute Gasteiger partial charge is 0.282 e. The Morgan fingerprint density at radius 3 is 2.43 bits per heavy atom. The average Bonchev–Trinajstić information content (AvgIpc) is 2.44. The third kappa shape index (κ3) is 5.83. The molecule has 0 amide bonds. The third-order valence-corrected chi connectivity index (χ3v) is 5.83. The van der Waals surface area contributed by atoms with Gasteiger partial charge in [-0.05, 0) is 38.3 Å². The van der Waals surface area contributed by atoms with Gasteiger partial charge < -0.3 is 10.1 Å². The lowest BCUT2D eigenvalue weighted by Crippen LogP contribution is -2.49. The Morgan fingerprint density at radius 2 is 1.95 bits per heavy atom. The highest BCUT2D eigenvalue weighted by Crippen LogP contribution is 2.21. The largest absolute Gasteiger partial charge is 0.383 e. The Kier molecular flexibility index (Phi) is 8.12. The number of rotatable bonds is 9. The minimum atomic E-state index is -3.36. The molecular weight excluding hydrogens is 290 g/mol. The monoisotopic (exact) mass is 321 g/mol. The van der Waals surface area contributed by atoms with Crippen LogP contribution in [0.3, 0.4) is 0 Å². The van der Waals surface area contributed by atoms with Crippen LogP contribution in [0.1, 0.15) is 26.7 Å². The van der Waals surface area contributed by atoms with E-state index in [2.05, 4.69) is 5.32 Å². The molecule has 0 spiro atoms. The van der Waals surface area contributed by atoms with E-state index in [0.29, 0.717) is 44.6 Å². The molecule has 0 aromatic rings. The van der Waals surface area contributed by atoms with Crippen LogP contribution in [0.5, 0.6) is 0 Å². The molecule has 7 heteroatoms. The summed E-state index contributed by atoms with van der Waals surface area (Å²) in [6, 6.07) is 0. The van der Waals surface area contributed by atoms with Crippen LogP contribution in [-0.4, -0.2) is 70.5 Å². The van der Waals surface area contributed by atoms with Gasteiger partial charge in [0.15, 0.2) is 0 Å². The van der Waals surface area contributed by atoms with Gasteiger partial charge in [-0.1, -0.05) is 13.8 Å². The van der Waals surface area contributed by atoms with Crippen LogP contribution >= 0.6 is 0 Å². The van der Waals surface area contributed by atoms with Crippen molar-refractivity contribution in [2.75, 3.05) is 53.5 Å². The third-order valence-electron chi connectivity index (χ3n) is 3.83. The summed E-state index contributed by atoms with van der Waals surface area (Å²) in [7, 11) is 0.180. The number of nitrogens with zero attached hydrogens (tertiary/aromatic N) is 2. The quantitative estimate of drug-likeness (QED) is 0.681. The lowest BCUT2D eigenvalue weighted by atomic mass is 9.98. The van der Waals surface area contributed by atoms with Crippen molar-refractivity contribution in [3.8, 4) is 0 Å². The number of methoxy groups -OCH3 is 1. The second kappa shape index (κ2) is 9.05. The topological polar surface area (TPSA) is 61.9 Å². The molecule has 1 aliphatic heterocycles. The summed E-state index contributed by atoms with van der Waals surface area (Å²) in [5.41, 5.74) is 0.